The number of aryl methyl sites for hydroxylation is 1. The first-order chi connectivity index (χ1) is 11.7. The fraction of sp³-hybridized carbons (Fsp3) is 0.833. The fourth-order valence-corrected chi connectivity index (χ4v) is 4.26. The smallest absolute Gasteiger partial charge is 0.222 e. The summed E-state index contributed by atoms with van der Waals surface area (Å²) in [6.45, 7) is 6.15. The molecule has 3 heterocycles. The van der Waals surface area contributed by atoms with Gasteiger partial charge >= 0.3 is 0 Å². The number of piperidine rings is 1. The molecule has 0 aromatic carbocycles. The highest BCUT2D eigenvalue weighted by Crippen LogP contribution is 2.32. The minimum absolute atomic E-state index is 0.385. The predicted molar refractivity (Wildman–Crippen MR) is 91.6 cm³/mol. The zero-order chi connectivity index (χ0) is 16.5. The van der Waals surface area contributed by atoms with Gasteiger partial charge in [0.25, 0.3) is 0 Å². The highest BCUT2D eigenvalue weighted by Gasteiger charge is 2.32. The first-order valence-corrected chi connectivity index (χ1v) is 9.60. The van der Waals surface area contributed by atoms with Crippen LogP contribution < -0.4 is 0 Å². The Labute approximate surface area is 144 Å². The molecule has 1 N–H and O–H groups in total. The summed E-state index contributed by atoms with van der Waals surface area (Å²) in [5.74, 6) is 3.57. The highest BCUT2D eigenvalue weighted by atomic mass is 16.2. The lowest BCUT2D eigenvalue weighted by Gasteiger charge is -2.36. The number of aromatic nitrogens is 3. The molecule has 1 amide bonds. The van der Waals surface area contributed by atoms with Gasteiger partial charge in [0.2, 0.25) is 5.91 Å². The lowest BCUT2D eigenvalue weighted by molar-refractivity contribution is -0.130. The second kappa shape index (κ2) is 6.82. The lowest BCUT2D eigenvalue weighted by Crippen LogP contribution is -2.41. The molecule has 2 aliphatic heterocycles. The van der Waals surface area contributed by atoms with Crippen molar-refractivity contribution >= 4 is 5.91 Å². The van der Waals surface area contributed by atoms with Gasteiger partial charge in [-0.2, -0.15) is 5.10 Å². The summed E-state index contributed by atoms with van der Waals surface area (Å²) >= 11 is 0. The number of nitrogens with one attached hydrogen (secondary N) is 1. The molecule has 6 heteroatoms. The topological polar surface area (TPSA) is 65.1 Å². The molecule has 0 bridgehead atoms. The molecule has 0 spiro atoms. The molecule has 2 saturated heterocycles. The average molecular weight is 331 g/mol. The van der Waals surface area contributed by atoms with E-state index in [0.29, 0.717) is 17.9 Å². The predicted octanol–water partition coefficient (Wildman–Crippen LogP) is 2.08. The quantitative estimate of drug-likeness (QED) is 0.917. The SMILES string of the molecule is Cc1nc(C2CCN(C3CCC(=O)N(CC4CC4)CC3)CC2)n[nH]1. The summed E-state index contributed by atoms with van der Waals surface area (Å²) < 4.78 is 0. The van der Waals surface area contributed by atoms with Crippen LogP contribution in [0.25, 0.3) is 0 Å². The minimum Gasteiger partial charge on any atom is -0.342 e. The number of nitrogens with zero attached hydrogens (tertiary/aromatic N) is 4. The first kappa shape index (κ1) is 16.1. The number of carbonyl (C=O) groups excluding carboxylic acids is 1. The lowest BCUT2D eigenvalue weighted by atomic mass is 9.94. The zero-order valence-corrected chi connectivity index (χ0v) is 14.7. The minimum atomic E-state index is 0.385. The average Bonchev–Trinajstić information content (AvgIpc) is 3.34. The molecule has 4 rings (SSSR count). The standard InChI is InChI=1S/C18H29N5O/c1-13-19-18(21-20-13)15-6-9-22(10-7-15)16-4-5-17(24)23(11-8-16)12-14-2-3-14/h14-16H,2-12H2,1H3,(H,19,20,21). The van der Waals surface area contributed by atoms with Crippen LogP contribution in [0.15, 0.2) is 0 Å². The van der Waals surface area contributed by atoms with Crippen LogP contribution in [-0.2, 0) is 4.79 Å². The number of aromatic amines is 1. The Morgan fingerprint density at radius 2 is 1.88 bits per heavy atom. The Morgan fingerprint density at radius 1 is 1.08 bits per heavy atom. The van der Waals surface area contributed by atoms with Crippen molar-refractivity contribution in [1.29, 1.82) is 0 Å². The zero-order valence-electron chi connectivity index (χ0n) is 14.7. The van der Waals surface area contributed by atoms with Crippen molar-refractivity contribution in [1.82, 2.24) is 25.0 Å². The van der Waals surface area contributed by atoms with E-state index >= 15 is 0 Å². The molecule has 6 nitrogen and oxygen atoms in total. The van der Waals surface area contributed by atoms with Crippen molar-refractivity contribution in [3.63, 3.8) is 0 Å². The molecule has 24 heavy (non-hydrogen) atoms. The maximum absolute atomic E-state index is 12.3. The summed E-state index contributed by atoms with van der Waals surface area (Å²) in [6.07, 6.45) is 7.81. The number of rotatable bonds is 4. The Hall–Kier alpha value is -1.43. The summed E-state index contributed by atoms with van der Waals surface area (Å²) in [5, 5.41) is 7.30. The van der Waals surface area contributed by atoms with Gasteiger partial charge in [-0.15, -0.1) is 0 Å². The third kappa shape index (κ3) is 3.63. The molecular weight excluding hydrogens is 302 g/mol. The van der Waals surface area contributed by atoms with E-state index < -0.39 is 0 Å². The second-order valence-corrected chi connectivity index (χ2v) is 7.85. The number of hydrogen-bond donors (Lipinski definition) is 1. The number of hydrogen-bond acceptors (Lipinski definition) is 4. The molecule has 1 atom stereocenters. The van der Waals surface area contributed by atoms with Gasteiger partial charge in [0.15, 0.2) is 5.82 Å². The molecule has 1 aromatic heterocycles. The van der Waals surface area contributed by atoms with Gasteiger partial charge in [0.1, 0.15) is 5.82 Å². The van der Waals surface area contributed by atoms with E-state index in [0.717, 1.165) is 75.8 Å². The second-order valence-electron chi connectivity index (χ2n) is 7.85. The number of amides is 1. The normalized spacial score (nSPS) is 27.5. The Balaban J connectivity index is 1.29. The fourth-order valence-electron chi connectivity index (χ4n) is 4.26. The monoisotopic (exact) mass is 331 g/mol. The van der Waals surface area contributed by atoms with E-state index in [1.54, 1.807) is 0 Å². The Bertz CT molecular complexity index is 574. The van der Waals surface area contributed by atoms with E-state index in [1.807, 2.05) is 6.92 Å². The van der Waals surface area contributed by atoms with Crippen LogP contribution in [0.2, 0.25) is 0 Å². The van der Waals surface area contributed by atoms with Crippen LogP contribution >= 0.6 is 0 Å². The highest BCUT2D eigenvalue weighted by molar-refractivity contribution is 5.76. The van der Waals surface area contributed by atoms with E-state index in [9.17, 15) is 4.79 Å². The molecule has 132 valence electrons. The van der Waals surface area contributed by atoms with Crippen molar-refractivity contribution < 1.29 is 4.79 Å². The maximum Gasteiger partial charge on any atom is 0.222 e. The Kier molecular flexibility index (Phi) is 4.57. The van der Waals surface area contributed by atoms with E-state index in [2.05, 4.69) is 25.0 Å². The van der Waals surface area contributed by atoms with Crippen LogP contribution in [0.5, 0.6) is 0 Å². The van der Waals surface area contributed by atoms with Gasteiger partial charge in [-0.05, 0) is 64.5 Å². The molecule has 1 aliphatic carbocycles. The largest absolute Gasteiger partial charge is 0.342 e. The van der Waals surface area contributed by atoms with Crippen LogP contribution in [0.4, 0.5) is 0 Å². The molecule has 3 fully saturated rings. The van der Waals surface area contributed by atoms with Crippen molar-refractivity contribution in [3.05, 3.63) is 11.6 Å². The van der Waals surface area contributed by atoms with Crippen LogP contribution in [0, 0.1) is 12.8 Å². The number of carbonyl (C=O) groups is 1. The van der Waals surface area contributed by atoms with Crippen molar-refractivity contribution in [2.75, 3.05) is 26.2 Å². The number of H-pyrrole nitrogens is 1. The van der Waals surface area contributed by atoms with Crippen LogP contribution in [0.3, 0.4) is 0 Å². The molecule has 1 aromatic rings. The molecule has 1 unspecified atom stereocenters. The molecular formula is C18H29N5O. The van der Waals surface area contributed by atoms with E-state index in [4.69, 9.17) is 0 Å². The van der Waals surface area contributed by atoms with E-state index in [1.165, 1.54) is 12.8 Å². The van der Waals surface area contributed by atoms with Crippen LogP contribution in [0.1, 0.15) is 62.5 Å². The van der Waals surface area contributed by atoms with Crippen molar-refractivity contribution in [2.24, 2.45) is 5.92 Å². The van der Waals surface area contributed by atoms with Crippen molar-refractivity contribution in [3.8, 4) is 0 Å². The molecule has 1 saturated carbocycles. The van der Waals surface area contributed by atoms with Gasteiger partial charge < -0.3 is 9.80 Å². The molecule has 0 radical (unpaired) electrons. The van der Waals surface area contributed by atoms with Crippen LogP contribution in [-0.4, -0.2) is 63.1 Å². The van der Waals surface area contributed by atoms with Gasteiger partial charge in [0, 0.05) is 31.5 Å². The number of likely N-dealkylation sites (tertiary alicyclic amines) is 2. The third-order valence-corrected chi connectivity index (χ3v) is 5.98. The van der Waals surface area contributed by atoms with Crippen molar-refractivity contribution in [2.45, 2.75) is 63.8 Å². The first-order valence-electron chi connectivity index (χ1n) is 9.60. The Morgan fingerprint density at radius 3 is 2.54 bits per heavy atom. The van der Waals surface area contributed by atoms with Gasteiger partial charge in [-0.1, -0.05) is 0 Å². The maximum atomic E-state index is 12.3. The summed E-state index contributed by atoms with van der Waals surface area (Å²) in [4.78, 5) is 21.6. The summed E-state index contributed by atoms with van der Waals surface area (Å²) in [6, 6.07) is 0.577. The third-order valence-electron chi connectivity index (χ3n) is 5.98. The van der Waals surface area contributed by atoms with Gasteiger partial charge in [-0.25, -0.2) is 4.98 Å². The van der Waals surface area contributed by atoms with Gasteiger partial charge in [-0.3, -0.25) is 9.89 Å². The van der Waals surface area contributed by atoms with Gasteiger partial charge in [0.05, 0.1) is 0 Å². The van der Waals surface area contributed by atoms with E-state index in [-0.39, 0.29) is 0 Å². The summed E-state index contributed by atoms with van der Waals surface area (Å²) in [7, 11) is 0. The summed E-state index contributed by atoms with van der Waals surface area (Å²) in [5.41, 5.74) is 0. The molecule has 3 aliphatic rings.